The molecule has 1 aromatic carbocycles. The van der Waals surface area contributed by atoms with Crippen molar-refractivity contribution in [3.05, 3.63) is 48.3 Å². The number of hydrogen-bond acceptors (Lipinski definition) is 3. The summed E-state index contributed by atoms with van der Waals surface area (Å²) in [5.41, 5.74) is 2.10. The van der Waals surface area contributed by atoms with E-state index in [1.54, 1.807) is 6.20 Å². The molecule has 5 nitrogen and oxygen atoms in total. The summed E-state index contributed by atoms with van der Waals surface area (Å²) in [5.74, 6) is 0.389. The van der Waals surface area contributed by atoms with Gasteiger partial charge in [0.15, 0.2) is 0 Å². The summed E-state index contributed by atoms with van der Waals surface area (Å²) < 4.78 is 6.98. The highest BCUT2D eigenvalue weighted by molar-refractivity contribution is 5.70. The Morgan fingerprint density at radius 3 is 2.71 bits per heavy atom. The molecule has 3 rings (SSSR count). The average molecular weight is 285 g/mol. The predicted octanol–water partition coefficient (Wildman–Crippen LogP) is 2.85. The van der Waals surface area contributed by atoms with Gasteiger partial charge in [0, 0.05) is 18.9 Å². The zero-order chi connectivity index (χ0) is 14.8. The summed E-state index contributed by atoms with van der Waals surface area (Å²) in [6.45, 7) is 5.30. The van der Waals surface area contributed by atoms with Crippen LogP contribution in [0.1, 0.15) is 19.4 Å². The molecule has 1 aromatic heterocycles. The minimum absolute atomic E-state index is 0.156. The van der Waals surface area contributed by atoms with Gasteiger partial charge in [0.05, 0.1) is 11.7 Å². The number of benzene rings is 1. The van der Waals surface area contributed by atoms with E-state index in [1.165, 1.54) is 0 Å². The Balaban J connectivity index is 1.74. The summed E-state index contributed by atoms with van der Waals surface area (Å²) >= 11 is 0. The zero-order valence-corrected chi connectivity index (χ0v) is 12.3. The largest absolute Gasteiger partial charge is 0.447 e. The van der Waals surface area contributed by atoms with Gasteiger partial charge in [-0.3, -0.25) is 4.90 Å². The first-order valence-corrected chi connectivity index (χ1v) is 7.17. The highest BCUT2D eigenvalue weighted by Crippen LogP contribution is 2.22. The number of hydrogen-bond donors (Lipinski definition) is 0. The number of amides is 1. The number of cyclic esters (lactones) is 1. The molecule has 0 saturated carbocycles. The first kappa shape index (κ1) is 13.7. The number of rotatable bonds is 4. The Morgan fingerprint density at radius 2 is 2.10 bits per heavy atom. The van der Waals surface area contributed by atoms with Crippen molar-refractivity contribution in [2.45, 2.75) is 26.4 Å². The van der Waals surface area contributed by atoms with Crippen molar-refractivity contribution in [3.63, 3.8) is 0 Å². The normalized spacial score (nSPS) is 18.3. The third-order valence-electron chi connectivity index (χ3n) is 3.84. The van der Waals surface area contributed by atoms with Gasteiger partial charge in [-0.1, -0.05) is 26.0 Å². The first-order chi connectivity index (χ1) is 10.1. The fourth-order valence-corrected chi connectivity index (χ4v) is 2.57. The lowest BCUT2D eigenvalue weighted by Gasteiger charge is -2.24. The number of carbonyl (C=O) groups excluding carboxylic acids is 1. The molecular formula is C16H19N3O2. The average Bonchev–Trinajstić information content (AvgIpc) is 3.11. The summed E-state index contributed by atoms with van der Waals surface area (Å²) in [6.07, 6.45) is 3.44. The predicted molar refractivity (Wildman–Crippen MR) is 79.1 cm³/mol. The van der Waals surface area contributed by atoms with E-state index in [1.807, 2.05) is 46.1 Å². The van der Waals surface area contributed by atoms with Crippen LogP contribution in [0.5, 0.6) is 0 Å². The number of aromatic nitrogens is 2. The summed E-state index contributed by atoms with van der Waals surface area (Å²) in [5, 5.41) is 4.20. The van der Waals surface area contributed by atoms with Crippen LogP contribution in [-0.4, -0.2) is 33.4 Å². The second-order valence-corrected chi connectivity index (χ2v) is 5.63. The maximum Gasteiger partial charge on any atom is 0.410 e. The van der Waals surface area contributed by atoms with E-state index >= 15 is 0 Å². The van der Waals surface area contributed by atoms with Gasteiger partial charge in [-0.05, 0) is 29.7 Å². The molecule has 1 aliphatic heterocycles. The molecule has 5 heteroatoms. The molecule has 0 bridgehead atoms. The Bertz CT molecular complexity index is 605. The topological polar surface area (TPSA) is 47.4 Å². The molecule has 1 amide bonds. The lowest BCUT2D eigenvalue weighted by molar-refractivity contribution is 0.155. The maximum absolute atomic E-state index is 11.8. The molecule has 1 fully saturated rings. The van der Waals surface area contributed by atoms with E-state index in [-0.39, 0.29) is 12.1 Å². The molecule has 21 heavy (non-hydrogen) atoms. The molecule has 1 aliphatic rings. The Labute approximate surface area is 124 Å². The SMILES string of the molecule is CC(C)[C@H]1COC(=O)N1Cc1ccc(-n2cccn2)cc1. The van der Waals surface area contributed by atoms with Crippen LogP contribution in [0, 0.1) is 5.92 Å². The van der Waals surface area contributed by atoms with Crippen molar-refractivity contribution in [2.24, 2.45) is 5.92 Å². The lowest BCUT2D eigenvalue weighted by Crippen LogP contribution is -2.36. The number of nitrogens with zero attached hydrogens (tertiary/aromatic N) is 3. The van der Waals surface area contributed by atoms with Crippen LogP contribution in [0.15, 0.2) is 42.7 Å². The van der Waals surface area contributed by atoms with Crippen molar-refractivity contribution < 1.29 is 9.53 Å². The van der Waals surface area contributed by atoms with Crippen molar-refractivity contribution in [1.29, 1.82) is 0 Å². The van der Waals surface area contributed by atoms with Crippen LogP contribution >= 0.6 is 0 Å². The van der Waals surface area contributed by atoms with Gasteiger partial charge < -0.3 is 4.74 Å². The van der Waals surface area contributed by atoms with Crippen molar-refractivity contribution in [3.8, 4) is 5.69 Å². The Morgan fingerprint density at radius 1 is 1.33 bits per heavy atom. The van der Waals surface area contributed by atoms with Crippen LogP contribution in [0.4, 0.5) is 4.79 Å². The van der Waals surface area contributed by atoms with E-state index in [2.05, 4.69) is 18.9 Å². The number of ether oxygens (including phenoxy) is 1. The summed E-state index contributed by atoms with van der Waals surface area (Å²) in [7, 11) is 0. The van der Waals surface area contributed by atoms with Crippen LogP contribution < -0.4 is 0 Å². The minimum Gasteiger partial charge on any atom is -0.447 e. The van der Waals surface area contributed by atoms with Crippen LogP contribution in [0.2, 0.25) is 0 Å². The Hall–Kier alpha value is -2.30. The van der Waals surface area contributed by atoms with Crippen molar-refractivity contribution in [1.82, 2.24) is 14.7 Å². The van der Waals surface area contributed by atoms with Gasteiger partial charge in [0.2, 0.25) is 0 Å². The van der Waals surface area contributed by atoms with E-state index in [0.29, 0.717) is 19.1 Å². The molecule has 0 unspecified atom stereocenters. The molecule has 110 valence electrons. The van der Waals surface area contributed by atoms with E-state index in [4.69, 9.17) is 4.74 Å². The van der Waals surface area contributed by atoms with Gasteiger partial charge in [0.1, 0.15) is 6.61 Å². The fraction of sp³-hybridized carbons (Fsp3) is 0.375. The summed E-state index contributed by atoms with van der Waals surface area (Å²) in [6, 6.07) is 10.1. The van der Waals surface area contributed by atoms with Crippen molar-refractivity contribution in [2.75, 3.05) is 6.61 Å². The quantitative estimate of drug-likeness (QED) is 0.868. The number of carbonyl (C=O) groups is 1. The highest BCUT2D eigenvalue weighted by Gasteiger charge is 2.34. The van der Waals surface area contributed by atoms with Gasteiger partial charge in [-0.25, -0.2) is 9.48 Å². The van der Waals surface area contributed by atoms with Crippen molar-refractivity contribution >= 4 is 6.09 Å². The monoisotopic (exact) mass is 285 g/mol. The van der Waals surface area contributed by atoms with Gasteiger partial charge in [-0.15, -0.1) is 0 Å². The van der Waals surface area contributed by atoms with Gasteiger partial charge in [-0.2, -0.15) is 5.10 Å². The highest BCUT2D eigenvalue weighted by atomic mass is 16.6. The smallest absolute Gasteiger partial charge is 0.410 e. The van der Waals surface area contributed by atoms with Gasteiger partial charge in [0.25, 0.3) is 0 Å². The molecule has 2 aromatic rings. The third kappa shape index (κ3) is 2.77. The molecule has 0 radical (unpaired) electrons. The standard InChI is InChI=1S/C16H19N3O2/c1-12(2)15-11-21-16(20)18(15)10-13-4-6-14(7-5-13)19-9-3-8-17-19/h3-9,12,15H,10-11H2,1-2H3/t15-/m1/s1. The lowest BCUT2D eigenvalue weighted by atomic mass is 10.0. The molecule has 1 saturated heterocycles. The maximum atomic E-state index is 11.8. The van der Waals surface area contributed by atoms with E-state index < -0.39 is 0 Å². The molecular weight excluding hydrogens is 266 g/mol. The molecule has 0 aliphatic carbocycles. The van der Waals surface area contributed by atoms with E-state index in [9.17, 15) is 4.79 Å². The minimum atomic E-state index is -0.218. The molecule has 0 spiro atoms. The second-order valence-electron chi connectivity index (χ2n) is 5.63. The van der Waals surface area contributed by atoms with E-state index in [0.717, 1.165) is 11.3 Å². The van der Waals surface area contributed by atoms with Crippen LogP contribution in [0.3, 0.4) is 0 Å². The zero-order valence-electron chi connectivity index (χ0n) is 12.3. The second kappa shape index (κ2) is 5.60. The van der Waals surface area contributed by atoms with Gasteiger partial charge >= 0.3 is 6.09 Å². The summed E-state index contributed by atoms with van der Waals surface area (Å²) in [4.78, 5) is 13.6. The molecule has 1 atom stereocenters. The Kier molecular flexibility index (Phi) is 3.64. The third-order valence-corrected chi connectivity index (χ3v) is 3.84. The van der Waals surface area contributed by atoms with Crippen LogP contribution in [-0.2, 0) is 11.3 Å². The fourth-order valence-electron chi connectivity index (χ4n) is 2.57. The molecule has 2 heterocycles. The molecule has 0 N–H and O–H groups in total. The van der Waals surface area contributed by atoms with Crippen LogP contribution in [0.25, 0.3) is 5.69 Å². The first-order valence-electron chi connectivity index (χ1n) is 7.17.